The zero-order valence-corrected chi connectivity index (χ0v) is 11.5. The first-order valence-corrected chi connectivity index (χ1v) is 6.19. The Hall–Kier alpha value is -1.55. The van der Waals surface area contributed by atoms with Gasteiger partial charge >= 0.3 is 6.03 Å². The highest BCUT2D eigenvalue weighted by atomic mass is 16.3. The predicted octanol–water partition coefficient (Wildman–Crippen LogP) is 2.57. The van der Waals surface area contributed by atoms with Gasteiger partial charge in [0.1, 0.15) is 0 Å². The maximum atomic E-state index is 11.9. The van der Waals surface area contributed by atoms with Crippen molar-refractivity contribution in [1.82, 2.24) is 4.90 Å². The van der Waals surface area contributed by atoms with Crippen molar-refractivity contribution in [1.29, 1.82) is 0 Å². The minimum Gasteiger partial charge on any atom is -0.395 e. The molecule has 0 radical (unpaired) electrons. The standard InChI is InChI=1S/C14H22N2O2/c1-10(2)12-7-5-6-11(3)13(12)15-14(18)16(4)8-9-17/h5-7,10,17H,8-9H2,1-4H3,(H,15,18). The van der Waals surface area contributed by atoms with Crippen molar-refractivity contribution >= 4 is 11.7 Å². The van der Waals surface area contributed by atoms with Gasteiger partial charge in [-0.2, -0.15) is 0 Å². The summed E-state index contributed by atoms with van der Waals surface area (Å²) in [5.41, 5.74) is 3.05. The number of aliphatic hydroxyl groups is 1. The van der Waals surface area contributed by atoms with E-state index >= 15 is 0 Å². The Morgan fingerprint density at radius 3 is 2.67 bits per heavy atom. The molecule has 0 saturated carbocycles. The molecule has 0 atom stereocenters. The summed E-state index contributed by atoms with van der Waals surface area (Å²) < 4.78 is 0. The van der Waals surface area contributed by atoms with Gasteiger partial charge in [0.15, 0.2) is 0 Å². The number of hydrogen-bond donors (Lipinski definition) is 2. The monoisotopic (exact) mass is 250 g/mol. The molecule has 0 aliphatic carbocycles. The lowest BCUT2D eigenvalue weighted by Crippen LogP contribution is -2.34. The molecule has 0 spiro atoms. The van der Waals surface area contributed by atoms with Gasteiger partial charge in [-0.25, -0.2) is 4.79 Å². The third kappa shape index (κ3) is 3.47. The third-order valence-electron chi connectivity index (χ3n) is 2.94. The first-order valence-electron chi connectivity index (χ1n) is 6.19. The highest BCUT2D eigenvalue weighted by Crippen LogP contribution is 2.27. The van der Waals surface area contributed by atoms with E-state index in [2.05, 4.69) is 19.2 Å². The zero-order valence-electron chi connectivity index (χ0n) is 11.5. The molecule has 100 valence electrons. The predicted molar refractivity (Wildman–Crippen MR) is 74.0 cm³/mol. The lowest BCUT2D eigenvalue weighted by atomic mass is 9.98. The lowest BCUT2D eigenvalue weighted by molar-refractivity contribution is 0.202. The number of hydrogen-bond acceptors (Lipinski definition) is 2. The van der Waals surface area contributed by atoms with Gasteiger partial charge in [0.05, 0.1) is 6.61 Å². The van der Waals surface area contributed by atoms with Crippen LogP contribution in [0.1, 0.15) is 30.9 Å². The van der Waals surface area contributed by atoms with Crippen molar-refractivity contribution in [2.75, 3.05) is 25.5 Å². The van der Waals surface area contributed by atoms with Crippen LogP contribution in [0.15, 0.2) is 18.2 Å². The SMILES string of the molecule is Cc1cccc(C(C)C)c1NC(=O)N(C)CCO. The van der Waals surface area contributed by atoms with Crippen LogP contribution in [-0.2, 0) is 0 Å². The summed E-state index contributed by atoms with van der Waals surface area (Å²) in [6, 6.07) is 5.81. The molecule has 2 amide bonds. The van der Waals surface area contributed by atoms with Crippen LogP contribution in [0.4, 0.5) is 10.5 Å². The van der Waals surface area contributed by atoms with Crippen molar-refractivity contribution in [2.45, 2.75) is 26.7 Å². The molecule has 0 aliphatic rings. The topological polar surface area (TPSA) is 52.6 Å². The minimum atomic E-state index is -0.194. The maximum Gasteiger partial charge on any atom is 0.321 e. The number of aliphatic hydroxyl groups excluding tert-OH is 1. The van der Waals surface area contributed by atoms with Gasteiger partial charge in [-0.05, 0) is 24.0 Å². The molecule has 0 aliphatic heterocycles. The van der Waals surface area contributed by atoms with E-state index < -0.39 is 0 Å². The zero-order chi connectivity index (χ0) is 13.7. The van der Waals surface area contributed by atoms with Crippen LogP contribution in [0.2, 0.25) is 0 Å². The van der Waals surface area contributed by atoms with Crippen molar-refractivity contribution in [3.8, 4) is 0 Å². The number of anilines is 1. The first-order chi connectivity index (χ1) is 8.47. The van der Waals surface area contributed by atoms with Gasteiger partial charge in [-0.1, -0.05) is 32.0 Å². The molecule has 1 aromatic rings. The quantitative estimate of drug-likeness (QED) is 0.863. The minimum absolute atomic E-state index is 0.0330. The average Bonchev–Trinajstić information content (AvgIpc) is 2.31. The Bertz CT molecular complexity index is 416. The summed E-state index contributed by atoms with van der Waals surface area (Å²) in [5.74, 6) is 0.350. The van der Waals surface area contributed by atoms with E-state index in [0.29, 0.717) is 12.5 Å². The van der Waals surface area contributed by atoms with Crippen LogP contribution in [0.3, 0.4) is 0 Å². The summed E-state index contributed by atoms with van der Waals surface area (Å²) in [6.45, 7) is 6.47. The fourth-order valence-corrected chi connectivity index (χ4v) is 1.80. The number of rotatable bonds is 4. The number of urea groups is 1. The molecule has 0 saturated heterocycles. The summed E-state index contributed by atoms with van der Waals surface area (Å²) in [4.78, 5) is 13.4. The highest BCUT2D eigenvalue weighted by Gasteiger charge is 2.14. The van der Waals surface area contributed by atoms with Gasteiger partial charge < -0.3 is 15.3 Å². The molecule has 18 heavy (non-hydrogen) atoms. The van der Waals surface area contributed by atoms with Gasteiger partial charge in [0, 0.05) is 19.3 Å². The Labute approximate surface area is 109 Å². The van der Waals surface area contributed by atoms with Crippen LogP contribution in [0.5, 0.6) is 0 Å². The van der Waals surface area contributed by atoms with E-state index in [0.717, 1.165) is 16.8 Å². The molecule has 4 heteroatoms. The number of para-hydroxylation sites is 1. The summed E-state index contributed by atoms with van der Waals surface area (Å²) in [6.07, 6.45) is 0. The highest BCUT2D eigenvalue weighted by molar-refractivity contribution is 5.91. The number of amides is 2. The van der Waals surface area contributed by atoms with Crippen LogP contribution in [0.25, 0.3) is 0 Å². The number of benzene rings is 1. The van der Waals surface area contributed by atoms with Crippen LogP contribution in [-0.4, -0.2) is 36.2 Å². The Morgan fingerprint density at radius 2 is 2.11 bits per heavy atom. The van der Waals surface area contributed by atoms with Crippen LogP contribution >= 0.6 is 0 Å². The second kappa shape index (κ2) is 6.40. The van der Waals surface area contributed by atoms with E-state index in [4.69, 9.17) is 5.11 Å². The molecule has 0 bridgehead atoms. The van der Waals surface area contributed by atoms with E-state index in [-0.39, 0.29) is 12.6 Å². The molecule has 0 unspecified atom stereocenters. The number of nitrogens with one attached hydrogen (secondary N) is 1. The van der Waals surface area contributed by atoms with Gasteiger partial charge in [0.25, 0.3) is 0 Å². The second-order valence-electron chi connectivity index (χ2n) is 4.77. The average molecular weight is 250 g/mol. The normalized spacial score (nSPS) is 10.6. The summed E-state index contributed by atoms with van der Waals surface area (Å²) in [5, 5.41) is 11.7. The van der Waals surface area contributed by atoms with Gasteiger partial charge in [0.2, 0.25) is 0 Å². The van der Waals surface area contributed by atoms with E-state index in [1.54, 1.807) is 7.05 Å². The van der Waals surface area contributed by atoms with Crippen molar-refractivity contribution in [2.24, 2.45) is 0 Å². The number of carbonyl (C=O) groups excluding carboxylic acids is 1. The molecule has 0 aromatic heterocycles. The molecule has 2 N–H and O–H groups in total. The summed E-state index contributed by atoms with van der Waals surface area (Å²) in [7, 11) is 1.67. The largest absolute Gasteiger partial charge is 0.395 e. The Morgan fingerprint density at radius 1 is 1.44 bits per heavy atom. The Balaban J connectivity index is 2.93. The lowest BCUT2D eigenvalue weighted by Gasteiger charge is -2.21. The molecular weight excluding hydrogens is 228 g/mol. The van der Waals surface area contributed by atoms with E-state index in [9.17, 15) is 4.79 Å². The number of carbonyl (C=O) groups is 1. The number of likely N-dealkylation sites (N-methyl/N-ethyl adjacent to an activating group) is 1. The van der Waals surface area contributed by atoms with Crippen molar-refractivity contribution < 1.29 is 9.90 Å². The maximum absolute atomic E-state index is 11.9. The number of aryl methyl sites for hydroxylation is 1. The molecule has 4 nitrogen and oxygen atoms in total. The molecular formula is C14H22N2O2. The third-order valence-corrected chi connectivity index (χ3v) is 2.94. The summed E-state index contributed by atoms with van der Waals surface area (Å²) >= 11 is 0. The molecule has 1 aromatic carbocycles. The first kappa shape index (κ1) is 14.5. The van der Waals surface area contributed by atoms with E-state index in [1.807, 2.05) is 25.1 Å². The Kier molecular flexibility index (Phi) is 5.16. The smallest absolute Gasteiger partial charge is 0.321 e. The van der Waals surface area contributed by atoms with Crippen molar-refractivity contribution in [3.63, 3.8) is 0 Å². The second-order valence-corrected chi connectivity index (χ2v) is 4.77. The van der Waals surface area contributed by atoms with Gasteiger partial charge in [-0.3, -0.25) is 0 Å². The molecule has 0 fully saturated rings. The van der Waals surface area contributed by atoms with Gasteiger partial charge in [-0.15, -0.1) is 0 Å². The van der Waals surface area contributed by atoms with Crippen molar-refractivity contribution in [3.05, 3.63) is 29.3 Å². The van der Waals surface area contributed by atoms with Crippen LogP contribution < -0.4 is 5.32 Å². The fourth-order valence-electron chi connectivity index (χ4n) is 1.80. The molecule has 1 rings (SSSR count). The number of nitrogens with zero attached hydrogens (tertiary/aromatic N) is 1. The molecule has 0 heterocycles. The van der Waals surface area contributed by atoms with E-state index in [1.165, 1.54) is 4.90 Å². The van der Waals surface area contributed by atoms with Crippen LogP contribution in [0, 0.1) is 6.92 Å². The fraction of sp³-hybridized carbons (Fsp3) is 0.500.